The van der Waals surface area contributed by atoms with Crippen LogP contribution >= 0.6 is 11.6 Å². The Morgan fingerprint density at radius 3 is 2.40 bits per heavy atom. The van der Waals surface area contributed by atoms with E-state index in [0.717, 1.165) is 5.56 Å². The third-order valence-corrected chi connectivity index (χ3v) is 6.44. The SMILES string of the molecule is C=CCN(Cc1ccc(C(=O)NCc2ccco2)cc1)S(=O)(=O)c1ccc(Cl)cc1. The molecule has 0 unspecified atom stereocenters. The second-order valence-electron chi connectivity index (χ2n) is 6.50. The standard InChI is InChI=1S/C22H21ClN2O4S/c1-2-13-25(30(27,28)21-11-9-19(23)10-12-21)16-17-5-7-18(8-6-17)22(26)24-15-20-4-3-14-29-20/h2-12,14H,1,13,15-16H2,(H,24,26). The predicted octanol–water partition coefficient (Wildman–Crippen LogP) is 4.24. The van der Waals surface area contributed by atoms with Crippen molar-refractivity contribution in [2.24, 2.45) is 0 Å². The van der Waals surface area contributed by atoms with Gasteiger partial charge in [0.05, 0.1) is 17.7 Å². The van der Waals surface area contributed by atoms with E-state index >= 15 is 0 Å². The molecule has 0 spiro atoms. The number of carbonyl (C=O) groups is 1. The van der Waals surface area contributed by atoms with Gasteiger partial charge in [-0.15, -0.1) is 6.58 Å². The lowest BCUT2D eigenvalue weighted by atomic mass is 10.1. The Hall–Kier alpha value is -2.87. The fourth-order valence-electron chi connectivity index (χ4n) is 2.80. The van der Waals surface area contributed by atoms with E-state index in [1.807, 2.05) is 0 Å². The Kier molecular flexibility index (Phi) is 7.10. The van der Waals surface area contributed by atoms with Crippen LogP contribution in [0.2, 0.25) is 5.02 Å². The predicted molar refractivity (Wildman–Crippen MR) is 116 cm³/mol. The van der Waals surface area contributed by atoms with E-state index in [4.69, 9.17) is 16.0 Å². The highest BCUT2D eigenvalue weighted by atomic mass is 35.5. The van der Waals surface area contributed by atoms with Crippen molar-refractivity contribution >= 4 is 27.5 Å². The molecule has 0 saturated carbocycles. The van der Waals surface area contributed by atoms with Gasteiger partial charge in [-0.25, -0.2) is 8.42 Å². The summed E-state index contributed by atoms with van der Waals surface area (Å²) < 4.78 is 32.4. The summed E-state index contributed by atoms with van der Waals surface area (Å²) in [5.41, 5.74) is 1.22. The van der Waals surface area contributed by atoms with Crippen molar-refractivity contribution in [1.29, 1.82) is 0 Å². The average molecular weight is 445 g/mol. The Balaban J connectivity index is 1.70. The minimum absolute atomic E-state index is 0.144. The van der Waals surface area contributed by atoms with Gasteiger partial charge in [0.2, 0.25) is 10.0 Å². The molecule has 156 valence electrons. The number of rotatable bonds is 9. The van der Waals surface area contributed by atoms with Crippen LogP contribution < -0.4 is 5.32 Å². The van der Waals surface area contributed by atoms with Crippen molar-refractivity contribution < 1.29 is 17.6 Å². The molecule has 0 atom stereocenters. The maximum Gasteiger partial charge on any atom is 0.251 e. The maximum atomic E-state index is 13.0. The zero-order chi connectivity index (χ0) is 21.6. The summed E-state index contributed by atoms with van der Waals surface area (Å²) in [6, 6.07) is 16.3. The quantitative estimate of drug-likeness (QED) is 0.500. The van der Waals surface area contributed by atoms with Crippen LogP contribution in [0, 0.1) is 0 Å². The lowest BCUT2D eigenvalue weighted by Crippen LogP contribution is -2.31. The third kappa shape index (κ3) is 5.38. The maximum absolute atomic E-state index is 13.0. The number of carbonyl (C=O) groups excluding carboxylic acids is 1. The fourth-order valence-corrected chi connectivity index (χ4v) is 4.32. The lowest BCUT2D eigenvalue weighted by Gasteiger charge is -2.21. The summed E-state index contributed by atoms with van der Waals surface area (Å²) in [5.74, 6) is 0.419. The third-order valence-electron chi connectivity index (χ3n) is 4.36. The molecule has 3 aromatic rings. The van der Waals surface area contributed by atoms with Crippen LogP contribution in [0.15, 0.2) is 88.9 Å². The molecule has 0 bridgehead atoms. The van der Waals surface area contributed by atoms with E-state index in [1.165, 1.54) is 34.6 Å². The van der Waals surface area contributed by atoms with E-state index in [9.17, 15) is 13.2 Å². The zero-order valence-electron chi connectivity index (χ0n) is 16.1. The van der Waals surface area contributed by atoms with Gasteiger partial charge >= 0.3 is 0 Å². The molecule has 3 rings (SSSR count). The van der Waals surface area contributed by atoms with Gasteiger partial charge in [0.1, 0.15) is 5.76 Å². The molecule has 1 aromatic heterocycles. The minimum atomic E-state index is -3.72. The second kappa shape index (κ2) is 9.75. The summed E-state index contributed by atoms with van der Waals surface area (Å²) in [6.07, 6.45) is 3.08. The van der Waals surface area contributed by atoms with Gasteiger partial charge in [0.25, 0.3) is 5.91 Å². The molecule has 6 nitrogen and oxygen atoms in total. The average Bonchev–Trinajstić information content (AvgIpc) is 3.26. The number of benzene rings is 2. The van der Waals surface area contributed by atoms with Gasteiger partial charge in [0, 0.05) is 23.7 Å². The Morgan fingerprint density at radius 1 is 1.10 bits per heavy atom. The summed E-state index contributed by atoms with van der Waals surface area (Å²) in [7, 11) is -3.72. The number of hydrogen-bond donors (Lipinski definition) is 1. The molecular weight excluding hydrogens is 424 g/mol. The molecule has 0 aliphatic rings. The van der Waals surface area contributed by atoms with E-state index in [0.29, 0.717) is 22.9 Å². The molecule has 30 heavy (non-hydrogen) atoms. The number of furan rings is 1. The van der Waals surface area contributed by atoms with Gasteiger partial charge in [-0.3, -0.25) is 4.79 Å². The van der Waals surface area contributed by atoms with Crippen LogP contribution in [-0.4, -0.2) is 25.2 Å². The first kappa shape index (κ1) is 21.8. The number of amides is 1. The summed E-state index contributed by atoms with van der Waals surface area (Å²) in [5, 5.41) is 3.23. The molecule has 0 aliphatic heterocycles. The highest BCUT2D eigenvalue weighted by Crippen LogP contribution is 2.21. The minimum Gasteiger partial charge on any atom is -0.467 e. The largest absolute Gasteiger partial charge is 0.467 e. The van der Waals surface area contributed by atoms with Crippen LogP contribution in [0.3, 0.4) is 0 Å². The van der Waals surface area contributed by atoms with Crippen LogP contribution in [0.25, 0.3) is 0 Å². The number of nitrogens with zero attached hydrogens (tertiary/aromatic N) is 1. The number of sulfonamides is 1. The second-order valence-corrected chi connectivity index (χ2v) is 8.87. The highest BCUT2D eigenvalue weighted by molar-refractivity contribution is 7.89. The molecule has 1 amide bonds. The molecule has 0 saturated heterocycles. The lowest BCUT2D eigenvalue weighted by molar-refractivity contribution is 0.0948. The van der Waals surface area contributed by atoms with Crippen molar-refractivity contribution in [3.05, 3.63) is 101 Å². The van der Waals surface area contributed by atoms with Gasteiger partial charge in [-0.05, 0) is 54.1 Å². The Morgan fingerprint density at radius 2 is 1.80 bits per heavy atom. The van der Waals surface area contributed by atoms with Crippen molar-refractivity contribution in [3.63, 3.8) is 0 Å². The first-order chi connectivity index (χ1) is 14.4. The van der Waals surface area contributed by atoms with Crippen molar-refractivity contribution in [2.45, 2.75) is 18.0 Å². The van der Waals surface area contributed by atoms with Gasteiger partial charge in [0.15, 0.2) is 0 Å². The molecule has 0 radical (unpaired) electrons. The molecule has 0 aliphatic carbocycles. The Bertz CT molecular complexity index is 1090. The molecule has 2 aromatic carbocycles. The van der Waals surface area contributed by atoms with Crippen LogP contribution in [-0.2, 0) is 23.1 Å². The smallest absolute Gasteiger partial charge is 0.251 e. The first-order valence-corrected chi connectivity index (χ1v) is 11.0. The van der Waals surface area contributed by atoms with Gasteiger partial charge < -0.3 is 9.73 Å². The normalized spacial score (nSPS) is 11.4. The summed E-state index contributed by atoms with van der Waals surface area (Å²) in [6.45, 7) is 4.24. The zero-order valence-corrected chi connectivity index (χ0v) is 17.7. The molecule has 0 fully saturated rings. The van der Waals surface area contributed by atoms with E-state index in [1.54, 1.807) is 42.7 Å². The molecule has 1 N–H and O–H groups in total. The van der Waals surface area contributed by atoms with Crippen molar-refractivity contribution in [1.82, 2.24) is 9.62 Å². The van der Waals surface area contributed by atoms with Crippen LogP contribution in [0.5, 0.6) is 0 Å². The van der Waals surface area contributed by atoms with Crippen molar-refractivity contribution in [2.75, 3.05) is 6.54 Å². The fraction of sp³-hybridized carbons (Fsp3) is 0.136. The van der Waals surface area contributed by atoms with Gasteiger partial charge in [-0.1, -0.05) is 29.8 Å². The van der Waals surface area contributed by atoms with E-state index < -0.39 is 10.0 Å². The van der Waals surface area contributed by atoms with Crippen molar-refractivity contribution in [3.8, 4) is 0 Å². The first-order valence-electron chi connectivity index (χ1n) is 9.16. The molecule has 8 heteroatoms. The topological polar surface area (TPSA) is 79.6 Å². The molecule has 1 heterocycles. The van der Waals surface area contributed by atoms with E-state index in [-0.39, 0.29) is 23.9 Å². The summed E-state index contributed by atoms with van der Waals surface area (Å²) in [4.78, 5) is 12.4. The van der Waals surface area contributed by atoms with Crippen LogP contribution in [0.4, 0.5) is 0 Å². The number of nitrogens with one attached hydrogen (secondary N) is 1. The molecular formula is C22H21ClN2O4S. The van der Waals surface area contributed by atoms with Crippen LogP contribution in [0.1, 0.15) is 21.7 Å². The monoisotopic (exact) mass is 444 g/mol. The Labute approximate surface area is 180 Å². The number of halogens is 1. The summed E-state index contributed by atoms with van der Waals surface area (Å²) >= 11 is 5.86. The van der Waals surface area contributed by atoms with E-state index in [2.05, 4.69) is 11.9 Å². The highest BCUT2D eigenvalue weighted by Gasteiger charge is 2.23. The van der Waals surface area contributed by atoms with Gasteiger partial charge in [-0.2, -0.15) is 4.31 Å². The number of hydrogen-bond acceptors (Lipinski definition) is 4.